The number of benzene rings is 1. The quantitative estimate of drug-likeness (QED) is 0.569. The van der Waals surface area contributed by atoms with E-state index in [2.05, 4.69) is 25.3 Å². The minimum Gasteiger partial charge on any atom is -0.465 e. The summed E-state index contributed by atoms with van der Waals surface area (Å²) in [6.07, 6.45) is 6.98. The summed E-state index contributed by atoms with van der Waals surface area (Å²) in [6.45, 7) is 0.392. The lowest BCUT2D eigenvalue weighted by Gasteiger charge is -2.29. The number of hydrogen-bond donors (Lipinski definition) is 2. The van der Waals surface area contributed by atoms with Crippen molar-refractivity contribution >= 4 is 28.8 Å². The SMILES string of the molecule is O=C(Nc1ccc(OC(F)(F)Cl)cc1)C1C=C(C2CC=CN=N2)c2c(nc3n2[C@H](CO)CCO3)C1. The molecule has 3 atom stereocenters. The van der Waals surface area contributed by atoms with Crippen LogP contribution in [0.15, 0.2) is 52.8 Å². The van der Waals surface area contributed by atoms with Crippen LogP contribution in [0.4, 0.5) is 14.5 Å². The Balaban J connectivity index is 1.42. The zero-order chi connectivity index (χ0) is 24.6. The van der Waals surface area contributed by atoms with E-state index in [-0.39, 0.29) is 30.3 Å². The van der Waals surface area contributed by atoms with E-state index >= 15 is 0 Å². The van der Waals surface area contributed by atoms with Crippen molar-refractivity contribution in [3.63, 3.8) is 0 Å². The van der Waals surface area contributed by atoms with E-state index in [1.165, 1.54) is 24.3 Å². The minimum absolute atomic E-state index is 0.0577. The van der Waals surface area contributed by atoms with E-state index in [9.17, 15) is 18.7 Å². The predicted octanol–water partition coefficient (Wildman–Crippen LogP) is 4.30. The number of alkyl halides is 3. The number of ether oxygens (including phenoxy) is 2. The van der Waals surface area contributed by atoms with Crippen LogP contribution in [-0.4, -0.2) is 45.4 Å². The second-order valence-electron chi connectivity index (χ2n) is 8.39. The first kappa shape index (κ1) is 23.4. The highest BCUT2D eigenvalue weighted by Gasteiger charge is 2.37. The van der Waals surface area contributed by atoms with E-state index in [0.717, 1.165) is 11.3 Å². The van der Waals surface area contributed by atoms with Crippen molar-refractivity contribution in [2.75, 3.05) is 18.5 Å². The number of nitrogens with one attached hydrogen (secondary N) is 1. The predicted molar refractivity (Wildman–Crippen MR) is 123 cm³/mol. The van der Waals surface area contributed by atoms with Gasteiger partial charge in [0.1, 0.15) is 11.8 Å². The fraction of sp³-hybridized carbons (Fsp3) is 0.391. The molecule has 1 aromatic carbocycles. The first-order valence-electron chi connectivity index (χ1n) is 11.1. The molecule has 0 radical (unpaired) electrons. The smallest absolute Gasteiger partial charge is 0.465 e. The molecule has 3 heterocycles. The summed E-state index contributed by atoms with van der Waals surface area (Å²) in [5, 5.41) is 21.1. The van der Waals surface area contributed by atoms with Crippen molar-refractivity contribution < 1.29 is 28.2 Å². The van der Waals surface area contributed by atoms with Gasteiger partial charge in [-0.3, -0.25) is 9.36 Å². The topological polar surface area (TPSA) is 110 Å². The van der Waals surface area contributed by atoms with E-state index in [4.69, 9.17) is 16.3 Å². The largest absolute Gasteiger partial charge is 0.487 e. The molecule has 5 rings (SSSR count). The molecule has 2 unspecified atom stereocenters. The monoisotopic (exact) mass is 505 g/mol. The van der Waals surface area contributed by atoms with Crippen molar-refractivity contribution in [2.45, 2.75) is 36.9 Å². The number of rotatable bonds is 6. The molecule has 0 saturated heterocycles. The number of aromatic nitrogens is 2. The zero-order valence-electron chi connectivity index (χ0n) is 18.4. The van der Waals surface area contributed by atoms with Gasteiger partial charge in [0.15, 0.2) is 0 Å². The van der Waals surface area contributed by atoms with Crippen molar-refractivity contribution in [3.05, 3.63) is 54.0 Å². The maximum Gasteiger partial charge on any atom is 0.487 e. The Morgan fingerprint density at radius 1 is 1.34 bits per heavy atom. The number of azo groups is 1. The van der Waals surface area contributed by atoms with Crippen LogP contribution in [0.3, 0.4) is 0 Å². The number of halogens is 3. The molecule has 12 heteroatoms. The number of hydrogen-bond acceptors (Lipinski definition) is 7. The van der Waals surface area contributed by atoms with Crippen LogP contribution in [0.1, 0.15) is 30.3 Å². The number of anilines is 1. The number of carbonyl (C=O) groups excluding carboxylic acids is 1. The lowest BCUT2D eigenvalue weighted by Crippen LogP contribution is -2.30. The van der Waals surface area contributed by atoms with Gasteiger partial charge in [0.2, 0.25) is 5.91 Å². The van der Waals surface area contributed by atoms with Gasteiger partial charge in [0.05, 0.1) is 36.6 Å². The molecule has 0 spiro atoms. The van der Waals surface area contributed by atoms with Crippen LogP contribution in [0.25, 0.3) is 5.57 Å². The average molecular weight is 506 g/mol. The van der Waals surface area contributed by atoms with E-state index in [1.807, 2.05) is 16.7 Å². The van der Waals surface area contributed by atoms with Gasteiger partial charge in [-0.25, -0.2) is 0 Å². The Morgan fingerprint density at radius 3 is 2.83 bits per heavy atom. The molecule has 35 heavy (non-hydrogen) atoms. The third kappa shape index (κ3) is 4.92. The van der Waals surface area contributed by atoms with Crippen molar-refractivity contribution in [2.24, 2.45) is 16.1 Å². The molecular weight excluding hydrogens is 484 g/mol. The Hall–Kier alpha value is -3.31. The van der Waals surface area contributed by atoms with Gasteiger partial charge < -0.3 is 19.9 Å². The molecule has 2 aromatic rings. The molecule has 9 nitrogen and oxygen atoms in total. The highest BCUT2D eigenvalue weighted by Crippen LogP contribution is 2.41. The summed E-state index contributed by atoms with van der Waals surface area (Å²) in [4.78, 5) is 17.8. The lowest BCUT2D eigenvalue weighted by molar-refractivity contribution is -0.118. The molecule has 1 amide bonds. The molecule has 3 aliphatic rings. The maximum atomic E-state index is 13.2. The third-order valence-electron chi connectivity index (χ3n) is 6.07. The van der Waals surface area contributed by atoms with Crippen molar-refractivity contribution in [1.29, 1.82) is 0 Å². The third-order valence-corrected chi connectivity index (χ3v) is 6.14. The van der Waals surface area contributed by atoms with Crippen LogP contribution < -0.4 is 14.8 Å². The van der Waals surface area contributed by atoms with Crippen molar-refractivity contribution in [1.82, 2.24) is 9.55 Å². The first-order chi connectivity index (χ1) is 16.8. The highest BCUT2D eigenvalue weighted by atomic mass is 35.5. The van der Waals surface area contributed by atoms with Gasteiger partial charge in [-0.1, -0.05) is 12.2 Å². The van der Waals surface area contributed by atoms with E-state index < -0.39 is 11.5 Å². The molecular formula is C23H22ClF2N5O4. The number of amides is 1. The van der Waals surface area contributed by atoms with Gasteiger partial charge >= 0.3 is 5.57 Å². The normalized spacial score (nSPS) is 23.1. The first-order valence-corrected chi connectivity index (χ1v) is 11.5. The van der Waals surface area contributed by atoms with Crippen LogP contribution in [0.5, 0.6) is 11.8 Å². The van der Waals surface area contributed by atoms with Crippen LogP contribution in [0.2, 0.25) is 0 Å². The number of imidazole rings is 1. The second-order valence-corrected chi connectivity index (χ2v) is 8.83. The summed E-state index contributed by atoms with van der Waals surface area (Å²) in [5.41, 5.74) is -1.11. The summed E-state index contributed by atoms with van der Waals surface area (Å²) >= 11 is 4.79. The van der Waals surface area contributed by atoms with Gasteiger partial charge in [0, 0.05) is 41.9 Å². The summed E-state index contributed by atoms with van der Waals surface area (Å²) in [6, 6.07) is 5.41. The Bertz CT molecular complexity index is 1210. The summed E-state index contributed by atoms with van der Waals surface area (Å²) < 4.78 is 37.6. The number of carbonyl (C=O) groups is 1. The molecule has 2 N–H and O–H groups in total. The average Bonchev–Trinajstić information content (AvgIpc) is 3.23. The zero-order valence-corrected chi connectivity index (χ0v) is 19.2. The molecule has 0 fully saturated rings. The second kappa shape index (κ2) is 9.38. The summed E-state index contributed by atoms with van der Waals surface area (Å²) in [5.74, 6) is -0.991. The van der Waals surface area contributed by atoms with Gasteiger partial charge in [-0.15, -0.1) is 8.78 Å². The fourth-order valence-corrected chi connectivity index (χ4v) is 4.59. The molecule has 0 saturated carbocycles. The minimum atomic E-state index is -3.82. The molecule has 0 bridgehead atoms. The molecule has 2 aliphatic heterocycles. The van der Waals surface area contributed by atoms with Crippen LogP contribution in [-0.2, 0) is 11.2 Å². The Labute approximate surface area is 204 Å². The Morgan fingerprint density at radius 2 is 2.14 bits per heavy atom. The number of aliphatic hydroxyl groups excluding tert-OH is 1. The Kier molecular flexibility index (Phi) is 6.28. The van der Waals surface area contributed by atoms with E-state index in [1.54, 1.807) is 6.20 Å². The fourth-order valence-electron chi connectivity index (χ4n) is 4.50. The van der Waals surface area contributed by atoms with E-state index in [0.29, 0.717) is 43.3 Å². The number of aliphatic hydroxyl groups is 1. The molecule has 184 valence electrons. The summed E-state index contributed by atoms with van der Waals surface area (Å²) in [7, 11) is 0. The van der Waals surface area contributed by atoms with Crippen LogP contribution in [0, 0.1) is 5.92 Å². The maximum absolute atomic E-state index is 13.2. The van der Waals surface area contributed by atoms with Crippen molar-refractivity contribution in [3.8, 4) is 11.8 Å². The molecule has 1 aliphatic carbocycles. The van der Waals surface area contributed by atoms with Gasteiger partial charge in [-0.2, -0.15) is 15.2 Å². The number of fused-ring (bicyclic) bond motifs is 3. The highest BCUT2D eigenvalue weighted by molar-refractivity contribution is 6.20. The lowest BCUT2D eigenvalue weighted by atomic mass is 9.85. The van der Waals surface area contributed by atoms with Gasteiger partial charge in [0.25, 0.3) is 6.01 Å². The number of nitrogens with zero attached hydrogens (tertiary/aromatic N) is 4. The molecule has 1 aromatic heterocycles. The van der Waals surface area contributed by atoms with Crippen LogP contribution >= 0.6 is 11.6 Å². The van der Waals surface area contributed by atoms with Gasteiger partial charge in [-0.05, 0) is 30.7 Å². The standard InChI is InChI=1S/C23H22ClF2N5O4/c24-23(25,26)35-16-5-3-14(4-6-16)28-21(33)13-10-17(18-2-1-8-27-30-18)20-19(11-13)29-22-31(20)15(12-32)7-9-34-22/h1,3-6,8,10,13,15,18,32H,2,7,9,11-12H2,(H,28,33)/t13?,15-,18?/m0/s1.